The molecule has 5 nitrogen and oxygen atoms in total. The quantitative estimate of drug-likeness (QED) is 0.893. The van der Waals surface area contributed by atoms with E-state index in [9.17, 15) is 13.2 Å². The summed E-state index contributed by atoms with van der Waals surface area (Å²) < 4.78 is 42.2. The predicted molar refractivity (Wildman–Crippen MR) is 55.1 cm³/mol. The maximum atomic E-state index is 12.5. The Labute approximate surface area is 99.8 Å². The third-order valence-electron chi connectivity index (χ3n) is 2.14. The summed E-state index contributed by atoms with van der Waals surface area (Å²) in [5.41, 5.74) is 4.68. The predicted octanol–water partition coefficient (Wildman–Crippen LogP) is 2.17. The van der Waals surface area contributed by atoms with Gasteiger partial charge in [-0.1, -0.05) is 5.16 Å². The largest absolute Gasteiger partial charge is 0.433 e. The molecule has 0 aromatic carbocycles. The highest BCUT2D eigenvalue weighted by molar-refractivity contribution is 5.54. The van der Waals surface area contributed by atoms with Crippen LogP contribution in [0.5, 0.6) is 0 Å². The Balaban J connectivity index is 2.38. The van der Waals surface area contributed by atoms with Crippen LogP contribution in [0.15, 0.2) is 22.9 Å². The Morgan fingerprint density at radius 2 is 2.11 bits per heavy atom. The fourth-order valence-corrected chi connectivity index (χ4v) is 1.26. The summed E-state index contributed by atoms with van der Waals surface area (Å²) in [4.78, 5) is 7.15. The van der Waals surface area contributed by atoms with Crippen LogP contribution in [-0.2, 0) is 6.18 Å². The van der Waals surface area contributed by atoms with Gasteiger partial charge in [0.05, 0.1) is 6.04 Å². The molecule has 0 saturated heterocycles. The summed E-state index contributed by atoms with van der Waals surface area (Å²) in [6.07, 6.45) is -3.47. The van der Waals surface area contributed by atoms with E-state index in [1.165, 1.54) is 6.07 Å². The van der Waals surface area contributed by atoms with Crippen LogP contribution >= 0.6 is 0 Å². The van der Waals surface area contributed by atoms with Gasteiger partial charge in [-0.05, 0) is 19.1 Å². The lowest BCUT2D eigenvalue weighted by atomic mass is 10.2. The topological polar surface area (TPSA) is 77.8 Å². The van der Waals surface area contributed by atoms with Crippen LogP contribution in [0.3, 0.4) is 0 Å². The zero-order valence-electron chi connectivity index (χ0n) is 9.27. The van der Waals surface area contributed by atoms with E-state index < -0.39 is 17.9 Å². The zero-order chi connectivity index (χ0) is 13.3. The van der Waals surface area contributed by atoms with Crippen molar-refractivity contribution in [1.29, 1.82) is 0 Å². The average molecular weight is 258 g/mol. The highest BCUT2D eigenvalue weighted by Gasteiger charge is 2.32. The van der Waals surface area contributed by atoms with Gasteiger partial charge in [0.15, 0.2) is 0 Å². The molecule has 0 fully saturated rings. The first-order chi connectivity index (χ1) is 8.38. The van der Waals surface area contributed by atoms with Crippen LogP contribution in [0, 0.1) is 0 Å². The van der Waals surface area contributed by atoms with Crippen molar-refractivity contribution in [1.82, 2.24) is 15.1 Å². The van der Waals surface area contributed by atoms with Crippen molar-refractivity contribution in [2.75, 3.05) is 0 Å². The van der Waals surface area contributed by atoms with Gasteiger partial charge in [0.1, 0.15) is 5.69 Å². The second-order valence-electron chi connectivity index (χ2n) is 3.67. The number of hydrogen-bond donors (Lipinski definition) is 1. The number of hydrogen-bond acceptors (Lipinski definition) is 5. The van der Waals surface area contributed by atoms with Crippen molar-refractivity contribution < 1.29 is 17.7 Å². The monoisotopic (exact) mass is 258 g/mol. The van der Waals surface area contributed by atoms with Crippen LogP contribution in [-0.4, -0.2) is 15.1 Å². The number of aromatic nitrogens is 3. The molecule has 2 N–H and O–H groups in total. The third-order valence-corrected chi connectivity index (χ3v) is 2.14. The van der Waals surface area contributed by atoms with Crippen molar-refractivity contribution in [2.45, 2.75) is 19.1 Å². The van der Waals surface area contributed by atoms with Crippen LogP contribution in [0.4, 0.5) is 13.2 Å². The first kappa shape index (κ1) is 12.5. The summed E-state index contributed by atoms with van der Waals surface area (Å²) in [5.74, 6) is 0.213. The second kappa shape index (κ2) is 4.37. The number of rotatable bonds is 2. The Kier molecular flexibility index (Phi) is 3.04. The van der Waals surface area contributed by atoms with Crippen molar-refractivity contribution >= 4 is 0 Å². The molecule has 2 rings (SSSR count). The molecule has 1 atom stereocenters. The van der Waals surface area contributed by atoms with Gasteiger partial charge in [-0.15, -0.1) is 0 Å². The van der Waals surface area contributed by atoms with Crippen LogP contribution in [0.1, 0.15) is 24.6 Å². The molecular formula is C10H9F3N4O. The minimum absolute atomic E-state index is 0.0511. The SMILES string of the molecule is C[C@H](N)c1nc(-c2ccnc(C(F)(F)F)c2)no1. The molecule has 0 amide bonds. The summed E-state index contributed by atoms with van der Waals surface area (Å²) in [6.45, 7) is 1.63. The fraction of sp³-hybridized carbons (Fsp3) is 0.300. The first-order valence-corrected chi connectivity index (χ1v) is 5.00. The molecule has 2 aromatic heterocycles. The van der Waals surface area contributed by atoms with Crippen LogP contribution < -0.4 is 5.73 Å². The molecule has 0 radical (unpaired) electrons. The van der Waals surface area contributed by atoms with E-state index in [2.05, 4.69) is 15.1 Å². The molecule has 96 valence electrons. The molecule has 18 heavy (non-hydrogen) atoms. The van der Waals surface area contributed by atoms with E-state index in [0.717, 1.165) is 12.3 Å². The lowest BCUT2D eigenvalue weighted by Crippen LogP contribution is -2.07. The molecule has 8 heteroatoms. The minimum Gasteiger partial charge on any atom is -0.337 e. The number of nitrogens with zero attached hydrogens (tertiary/aromatic N) is 3. The van der Waals surface area contributed by atoms with Gasteiger partial charge in [0, 0.05) is 11.8 Å². The summed E-state index contributed by atoms with van der Waals surface area (Å²) >= 11 is 0. The summed E-state index contributed by atoms with van der Waals surface area (Å²) in [7, 11) is 0. The van der Waals surface area contributed by atoms with E-state index in [4.69, 9.17) is 10.3 Å². The normalized spacial score (nSPS) is 13.6. The fourth-order valence-electron chi connectivity index (χ4n) is 1.26. The van der Waals surface area contributed by atoms with E-state index in [-0.39, 0.29) is 17.3 Å². The van der Waals surface area contributed by atoms with E-state index in [1.807, 2.05) is 0 Å². The van der Waals surface area contributed by atoms with Crippen molar-refractivity contribution in [2.24, 2.45) is 5.73 Å². The van der Waals surface area contributed by atoms with E-state index in [1.54, 1.807) is 6.92 Å². The number of nitrogens with two attached hydrogens (primary N) is 1. The maximum Gasteiger partial charge on any atom is 0.433 e. The maximum absolute atomic E-state index is 12.5. The third kappa shape index (κ3) is 2.48. The number of alkyl halides is 3. The van der Waals surface area contributed by atoms with Crippen molar-refractivity contribution in [3.63, 3.8) is 0 Å². The van der Waals surface area contributed by atoms with Crippen LogP contribution in [0.25, 0.3) is 11.4 Å². The molecule has 0 aliphatic rings. The average Bonchev–Trinajstić information content (AvgIpc) is 2.77. The van der Waals surface area contributed by atoms with Gasteiger partial charge >= 0.3 is 6.18 Å². The van der Waals surface area contributed by atoms with Gasteiger partial charge in [0.2, 0.25) is 11.7 Å². The number of pyridine rings is 1. The highest BCUT2D eigenvalue weighted by atomic mass is 19.4. The van der Waals surface area contributed by atoms with Gasteiger partial charge in [-0.25, -0.2) is 0 Å². The lowest BCUT2D eigenvalue weighted by molar-refractivity contribution is -0.141. The van der Waals surface area contributed by atoms with Crippen molar-refractivity contribution in [3.8, 4) is 11.4 Å². The first-order valence-electron chi connectivity index (χ1n) is 5.00. The Morgan fingerprint density at radius 3 is 2.67 bits per heavy atom. The Morgan fingerprint density at radius 1 is 1.39 bits per heavy atom. The van der Waals surface area contributed by atoms with Gasteiger partial charge in [-0.2, -0.15) is 18.2 Å². The molecule has 0 saturated carbocycles. The molecule has 0 spiro atoms. The van der Waals surface area contributed by atoms with Crippen molar-refractivity contribution in [3.05, 3.63) is 29.9 Å². The van der Waals surface area contributed by atoms with Gasteiger partial charge in [0.25, 0.3) is 0 Å². The second-order valence-corrected chi connectivity index (χ2v) is 3.67. The molecule has 0 aliphatic carbocycles. The molecule has 0 unspecified atom stereocenters. The highest BCUT2D eigenvalue weighted by Crippen LogP contribution is 2.29. The standard InChI is InChI=1S/C10H9F3N4O/c1-5(14)9-16-8(17-18-9)6-2-3-15-7(4-6)10(11,12)13/h2-5H,14H2,1H3/t5-/m0/s1. The Hall–Kier alpha value is -1.96. The molecule has 0 aliphatic heterocycles. The summed E-state index contributed by atoms with van der Waals surface area (Å²) in [5, 5.41) is 3.57. The minimum atomic E-state index is -4.51. The van der Waals surface area contributed by atoms with Crippen LogP contribution in [0.2, 0.25) is 0 Å². The van der Waals surface area contributed by atoms with E-state index >= 15 is 0 Å². The molecule has 2 heterocycles. The molecule has 2 aromatic rings. The lowest BCUT2D eigenvalue weighted by Gasteiger charge is -2.05. The summed E-state index contributed by atoms with van der Waals surface area (Å²) in [6, 6.07) is 1.75. The smallest absolute Gasteiger partial charge is 0.337 e. The van der Waals surface area contributed by atoms with E-state index in [0.29, 0.717) is 0 Å². The zero-order valence-corrected chi connectivity index (χ0v) is 9.27. The number of halogens is 3. The Bertz CT molecular complexity index is 550. The van der Waals surface area contributed by atoms with Gasteiger partial charge in [-0.3, -0.25) is 4.98 Å². The molecular weight excluding hydrogens is 249 g/mol. The molecule has 0 bridgehead atoms. The van der Waals surface area contributed by atoms with Gasteiger partial charge < -0.3 is 10.3 Å².